The third-order valence-corrected chi connectivity index (χ3v) is 3.39. The summed E-state index contributed by atoms with van der Waals surface area (Å²) in [6.07, 6.45) is 0. The monoisotopic (exact) mass is 231 g/mol. The number of nitrogens with two attached hydrogens (primary N) is 1. The maximum absolute atomic E-state index is 5.90. The number of para-hydroxylation sites is 2. The van der Waals surface area contributed by atoms with Gasteiger partial charge in [-0.3, -0.25) is 0 Å². The third-order valence-electron chi connectivity index (χ3n) is 3.39. The molecule has 3 heteroatoms. The fourth-order valence-corrected chi connectivity index (χ4v) is 2.39. The lowest BCUT2D eigenvalue weighted by atomic mass is 9.95. The molecule has 0 amide bonds. The van der Waals surface area contributed by atoms with Crippen LogP contribution in [0, 0.1) is 5.92 Å². The Balaban J connectivity index is 2.60. The average molecular weight is 231 g/mol. The molecule has 3 nitrogen and oxygen atoms in total. The lowest BCUT2D eigenvalue weighted by Gasteiger charge is -2.19. The number of benzene rings is 1. The quantitative estimate of drug-likeness (QED) is 0.879. The first-order valence-electron chi connectivity index (χ1n) is 6.34. The number of fused-ring (bicyclic) bond motifs is 1. The molecule has 0 spiro atoms. The number of imidazole rings is 1. The van der Waals surface area contributed by atoms with Gasteiger partial charge in [0.05, 0.1) is 11.0 Å². The van der Waals surface area contributed by atoms with Gasteiger partial charge < -0.3 is 10.3 Å². The first kappa shape index (κ1) is 12.1. The highest BCUT2D eigenvalue weighted by Gasteiger charge is 2.21. The van der Waals surface area contributed by atoms with Gasteiger partial charge in [0.1, 0.15) is 5.82 Å². The zero-order chi connectivity index (χ0) is 12.4. The molecule has 2 N–H and O–H groups in total. The Kier molecular flexibility index (Phi) is 3.48. The minimum absolute atomic E-state index is 0.336. The molecular weight excluding hydrogens is 210 g/mol. The molecule has 1 unspecified atom stereocenters. The van der Waals surface area contributed by atoms with E-state index >= 15 is 0 Å². The highest BCUT2D eigenvalue weighted by Crippen LogP contribution is 2.26. The molecule has 1 aromatic heterocycles. The van der Waals surface area contributed by atoms with Crippen molar-refractivity contribution in [1.29, 1.82) is 0 Å². The maximum Gasteiger partial charge on any atom is 0.114 e. The van der Waals surface area contributed by atoms with Gasteiger partial charge in [0.25, 0.3) is 0 Å². The smallest absolute Gasteiger partial charge is 0.114 e. The fraction of sp³-hybridized carbons (Fsp3) is 0.500. The first-order valence-corrected chi connectivity index (χ1v) is 6.34. The molecule has 1 heterocycles. The van der Waals surface area contributed by atoms with Gasteiger partial charge in [-0.25, -0.2) is 4.98 Å². The van der Waals surface area contributed by atoms with Crippen LogP contribution in [0.2, 0.25) is 0 Å². The standard InChI is InChI=1S/C14H21N3/c1-4-17-13-8-6-5-7-12(13)16-14(17)11(9-15)10(2)3/h5-8,10-11H,4,9,15H2,1-3H3. The summed E-state index contributed by atoms with van der Waals surface area (Å²) >= 11 is 0. The lowest BCUT2D eigenvalue weighted by molar-refractivity contribution is 0.467. The Labute approximate surface area is 103 Å². The van der Waals surface area contributed by atoms with Crippen molar-refractivity contribution in [3.8, 4) is 0 Å². The van der Waals surface area contributed by atoms with Crippen molar-refractivity contribution < 1.29 is 0 Å². The van der Waals surface area contributed by atoms with Gasteiger partial charge in [-0.15, -0.1) is 0 Å². The molecule has 1 aromatic carbocycles. The first-order chi connectivity index (χ1) is 8.19. The Morgan fingerprint density at radius 1 is 1.29 bits per heavy atom. The van der Waals surface area contributed by atoms with Gasteiger partial charge in [0, 0.05) is 19.0 Å². The molecular formula is C14H21N3. The Hall–Kier alpha value is -1.35. The maximum atomic E-state index is 5.90. The van der Waals surface area contributed by atoms with Crippen LogP contribution in [0.25, 0.3) is 11.0 Å². The molecule has 0 saturated heterocycles. The Bertz CT molecular complexity index is 499. The molecule has 17 heavy (non-hydrogen) atoms. The molecule has 0 saturated carbocycles. The van der Waals surface area contributed by atoms with Crippen LogP contribution in [0.3, 0.4) is 0 Å². The summed E-state index contributed by atoms with van der Waals surface area (Å²) in [4.78, 5) is 4.76. The Morgan fingerprint density at radius 3 is 2.59 bits per heavy atom. The van der Waals surface area contributed by atoms with Crippen molar-refractivity contribution in [3.63, 3.8) is 0 Å². The van der Waals surface area contributed by atoms with E-state index in [1.165, 1.54) is 5.52 Å². The molecule has 1 atom stereocenters. The molecule has 0 radical (unpaired) electrons. The van der Waals surface area contributed by atoms with E-state index in [0.717, 1.165) is 17.9 Å². The molecule has 92 valence electrons. The van der Waals surface area contributed by atoms with Gasteiger partial charge in [0.15, 0.2) is 0 Å². The summed E-state index contributed by atoms with van der Waals surface area (Å²) in [5.41, 5.74) is 8.18. The van der Waals surface area contributed by atoms with Crippen molar-refractivity contribution in [1.82, 2.24) is 9.55 Å². The number of aromatic nitrogens is 2. The number of rotatable bonds is 4. The van der Waals surface area contributed by atoms with Crippen LogP contribution in [0.4, 0.5) is 0 Å². The van der Waals surface area contributed by atoms with Crippen molar-refractivity contribution in [2.24, 2.45) is 11.7 Å². The summed E-state index contributed by atoms with van der Waals surface area (Å²) in [5, 5.41) is 0. The number of nitrogens with zero attached hydrogens (tertiary/aromatic N) is 2. The molecule has 0 fully saturated rings. The summed E-state index contributed by atoms with van der Waals surface area (Å²) in [6, 6.07) is 8.29. The average Bonchev–Trinajstić information content (AvgIpc) is 2.67. The van der Waals surface area contributed by atoms with Gasteiger partial charge in [-0.1, -0.05) is 26.0 Å². The number of hydrogen-bond donors (Lipinski definition) is 1. The predicted octanol–water partition coefficient (Wildman–Crippen LogP) is 2.75. The highest BCUT2D eigenvalue weighted by atomic mass is 15.1. The van der Waals surface area contributed by atoms with Crippen LogP contribution in [0.1, 0.15) is 32.5 Å². The highest BCUT2D eigenvalue weighted by molar-refractivity contribution is 5.76. The molecule has 0 aliphatic rings. The van der Waals surface area contributed by atoms with E-state index < -0.39 is 0 Å². The van der Waals surface area contributed by atoms with Gasteiger partial charge in [-0.2, -0.15) is 0 Å². The number of aryl methyl sites for hydroxylation is 1. The van der Waals surface area contributed by atoms with Crippen LogP contribution in [-0.2, 0) is 6.54 Å². The fourth-order valence-electron chi connectivity index (χ4n) is 2.39. The zero-order valence-electron chi connectivity index (χ0n) is 10.9. The molecule has 0 bridgehead atoms. The van der Waals surface area contributed by atoms with Gasteiger partial charge in [0.2, 0.25) is 0 Å². The SMILES string of the molecule is CCn1c(C(CN)C(C)C)nc2ccccc21. The predicted molar refractivity (Wildman–Crippen MR) is 72.0 cm³/mol. The van der Waals surface area contributed by atoms with Gasteiger partial charge in [-0.05, 0) is 25.0 Å². The lowest BCUT2D eigenvalue weighted by Crippen LogP contribution is -2.21. The molecule has 2 aromatic rings. The van der Waals surface area contributed by atoms with E-state index in [1.807, 2.05) is 6.07 Å². The van der Waals surface area contributed by atoms with Crippen LogP contribution >= 0.6 is 0 Å². The largest absolute Gasteiger partial charge is 0.330 e. The topological polar surface area (TPSA) is 43.8 Å². The molecule has 0 aliphatic carbocycles. The Morgan fingerprint density at radius 2 is 2.00 bits per heavy atom. The van der Waals surface area contributed by atoms with Crippen molar-refractivity contribution >= 4 is 11.0 Å². The normalized spacial score (nSPS) is 13.5. The summed E-state index contributed by atoms with van der Waals surface area (Å²) in [7, 11) is 0. The van der Waals surface area contributed by atoms with E-state index in [1.54, 1.807) is 0 Å². The van der Waals surface area contributed by atoms with E-state index in [-0.39, 0.29) is 0 Å². The van der Waals surface area contributed by atoms with E-state index in [2.05, 4.69) is 43.5 Å². The summed E-state index contributed by atoms with van der Waals surface area (Å²) < 4.78 is 2.28. The van der Waals surface area contributed by atoms with Crippen molar-refractivity contribution in [2.45, 2.75) is 33.2 Å². The van der Waals surface area contributed by atoms with Crippen LogP contribution < -0.4 is 5.73 Å². The van der Waals surface area contributed by atoms with Crippen molar-refractivity contribution in [2.75, 3.05) is 6.54 Å². The molecule has 0 aliphatic heterocycles. The zero-order valence-corrected chi connectivity index (χ0v) is 10.9. The second-order valence-electron chi connectivity index (χ2n) is 4.79. The van der Waals surface area contributed by atoms with Gasteiger partial charge >= 0.3 is 0 Å². The van der Waals surface area contributed by atoms with E-state index in [9.17, 15) is 0 Å². The van der Waals surface area contributed by atoms with Crippen molar-refractivity contribution in [3.05, 3.63) is 30.1 Å². The minimum Gasteiger partial charge on any atom is -0.330 e. The second kappa shape index (κ2) is 4.88. The second-order valence-corrected chi connectivity index (χ2v) is 4.79. The minimum atomic E-state index is 0.336. The van der Waals surface area contributed by atoms with E-state index in [0.29, 0.717) is 18.4 Å². The third kappa shape index (κ3) is 2.07. The molecule has 2 rings (SSSR count). The van der Waals surface area contributed by atoms with Crippen LogP contribution in [0.15, 0.2) is 24.3 Å². The van der Waals surface area contributed by atoms with E-state index in [4.69, 9.17) is 10.7 Å². The summed E-state index contributed by atoms with van der Waals surface area (Å²) in [5.74, 6) is 1.98. The number of hydrogen-bond acceptors (Lipinski definition) is 2. The van der Waals surface area contributed by atoms with Crippen LogP contribution in [-0.4, -0.2) is 16.1 Å². The van der Waals surface area contributed by atoms with Crippen LogP contribution in [0.5, 0.6) is 0 Å². The summed E-state index contributed by atoms with van der Waals surface area (Å²) in [6.45, 7) is 8.17.